The van der Waals surface area contributed by atoms with Gasteiger partial charge in [-0.15, -0.1) is 0 Å². The molecule has 0 unspecified atom stereocenters. The number of nitrogens with one attached hydrogen (secondary N) is 2. The quantitative estimate of drug-likeness (QED) is 0.572. The molecule has 18 heavy (non-hydrogen) atoms. The first-order valence-corrected chi connectivity index (χ1v) is 5.33. The van der Waals surface area contributed by atoms with Gasteiger partial charge in [-0.3, -0.25) is 4.98 Å². The second-order valence-corrected chi connectivity index (χ2v) is 3.73. The molecule has 7 heteroatoms. The topological polar surface area (TPSA) is 112 Å². The highest BCUT2D eigenvalue weighted by Gasteiger charge is 2.13. The summed E-state index contributed by atoms with van der Waals surface area (Å²) in [6.45, 7) is 1.80. The van der Waals surface area contributed by atoms with Crippen LogP contribution in [0.1, 0.15) is 11.3 Å². The van der Waals surface area contributed by atoms with E-state index in [4.69, 9.17) is 10.2 Å². The SMILES string of the molecule is Cc1ccc(CNC(=O)NC[C@H](O)C(=O)O)cn1. The van der Waals surface area contributed by atoms with Gasteiger partial charge >= 0.3 is 12.0 Å². The summed E-state index contributed by atoms with van der Waals surface area (Å²) in [5, 5.41) is 22.1. The molecule has 0 saturated heterocycles. The summed E-state index contributed by atoms with van der Waals surface area (Å²) in [5.41, 5.74) is 1.71. The van der Waals surface area contributed by atoms with E-state index in [-0.39, 0.29) is 13.1 Å². The van der Waals surface area contributed by atoms with Crippen LogP contribution < -0.4 is 10.6 Å². The summed E-state index contributed by atoms with van der Waals surface area (Å²) >= 11 is 0. The predicted molar refractivity (Wildman–Crippen MR) is 62.9 cm³/mol. The largest absolute Gasteiger partial charge is 0.479 e. The van der Waals surface area contributed by atoms with E-state index in [9.17, 15) is 9.59 Å². The number of urea groups is 1. The molecule has 98 valence electrons. The van der Waals surface area contributed by atoms with Crippen molar-refractivity contribution < 1.29 is 19.8 Å². The number of aliphatic hydroxyl groups is 1. The van der Waals surface area contributed by atoms with E-state index in [2.05, 4.69) is 15.6 Å². The number of aliphatic carboxylic acids is 1. The Hall–Kier alpha value is -2.15. The van der Waals surface area contributed by atoms with Gasteiger partial charge in [0.05, 0.1) is 6.54 Å². The number of aromatic nitrogens is 1. The summed E-state index contributed by atoms with van der Waals surface area (Å²) in [5.74, 6) is -1.38. The van der Waals surface area contributed by atoms with Crippen molar-refractivity contribution in [3.05, 3.63) is 29.6 Å². The Morgan fingerprint density at radius 2 is 2.11 bits per heavy atom. The molecule has 0 aromatic carbocycles. The number of aryl methyl sites for hydroxylation is 1. The van der Waals surface area contributed by atoms with Gasteiger partial charge in [0.1, 0.15) is 0 Å². The number of hydrogen-bond acceptors (Lipinski definition) is 4. The summed E-state index contributed by atoms with van der Waals surface area (Å²) in [6, 6.07) is 3.11. The molecule has 1 aromatic heterocycles. The fourth-order valence-corrected chi connectivity index (χ4v) is 1.12. The molecule has 0 aliphatic rings. The minimum absolute atomic E-state index is 0.280. The summed E-state index contributed by atoms with van der Waals surface area (Å²) in [4.78, 5) is 25.6. The first kappa shape index (κ1) is 13.9. The molecule has 0 aliphatic carbocycles. The zero-order chi connectivity index (χ0) is 13.5. The highest BCUT2D eigenvalue weighted by atomic mass is 16.4. The van der Waals surface area contributed by atoms with Crippen LogP contribution in [0.4, 0.5) is 4.79 Å². The second kappa shape index (κ2) is 6.55. The van der Waals surface area contributed by atoms with Crippen molar-refractivity contribution in [1.29, 1.82) is 0 Å². The van der Waals surface area contributed by atoms with Crippen molar-refractivity contribution in [1.82, 2.24) is 15.6 Å². The smallest absolute Gasteiger partial charge is 0.334 e. The predicted octanol–water partition coefficient (Wildman–Crippen LogP) is -0.365. The molecule has 0 bridgehead atoms. The molecule has 4 N–H and O–H groups in total. The van der Waals surface area contributed by atoms with Gasteiger partial charge in [-0.2, -0.15) is 0 Å². The van der Waals surface area contributed by atoms with E-state index < -0.39 is 18.1 Å². The molecule has 0 saturated carbocycles. The summed E-state index contributed by atoms with van der Waals surface area (Å²) in [7, 11) is 0. The van der Waals surface area contributed by atoms with Crippen LogP contribution in [0.5, 0.6) is 0 Å². The lowest BCUT2D eigenvalue weighted by molar-refractivity contribution is -0.146. The van der Waals surface area contributed by atoms with Crippen LogP contribution in [0.25, 0.3) is 0 Å². The van der Waals surface area contributed by atoms with E-state index in [0.717, 1.165) is 11.3 Å². The molecular formula is C11H15N3O4. The van der Waals surface area contributed by atoms with E-state index in [1.54, 1.807) is 6.20 Å². The molecule has 1 rings (SSSR count). The molecule has 1 aromatic rings. The highest BCUT2D eigenvalue weighted by molar-refractivity contribution is 5.76. The fraction of sp³-hybridized carbons (Fsp3) is 0.364. The van der Waals surface area contributed by atoms with Gasteiger partial charge in [0.15, 0.2) is 6.10 Å². The molecule has 2 amide bonds. The number of rotatable bonds is 5. The maximum absolute atomic E-state index is 11.3. The third-order valence-corrected chi connectivity index (χ3v) is 2.17. The number of amides is 2. The second-order valence-electron chi connectivity index (χ2n) is 3.73. The van der Waals surface area contributed by atoms with Gasteiger partial charge in [-0.25, -0.2) is 9.59 Å². The third kappa shape index (κ3) is 4.79. The Balaban J connectivity index is 2.29. The lowest BCUT2D eigenvalue weighted by Crippen LogP contribution is -2.41. The minimum atomic E-state index is -1.60. The van der Waals surface area contributed by atoms with Crippen molar-refractivity contribution >= 4 is 12.0 Å². The van der Waals surface area contributed by atoms with Crippen LogP contribution in [0, 0.1) is 6.92 Å². The van der Waals surface area contributed by atoms with Crippen molar-refractivity contribution in [3.63, 3.8) is 0 Å². The standard InChI is InChI=1S/C11H15N3O4/c1-7-2-3-8(4-12-7)5-13-11(18)14-6-9(15)10(16)17/h2-4,9,15H,5-6H2,1H3,(H,16,17)(H2,13,14,18)/t9-/m0/s1. The van der Waals surface area contributed by atoms with Crippen molar-refractivity contribution in [2.24, 2.45) is 0 Å². The molecule has 7 nitrogen and oxygen atoms in total. The molecule has 0 fully saturated rings. The number of carboxylic acids is 1. The fourth-order valence-electron chi connectivity index (χ4n) is 1.12. The van der Waals surface area contributed by atoms with Gasteiger partial charge in [-0.05, 0) is 18.6 Å². The minimum Gasteiger partial charge on any atom is -0.479 e. The lowest BCUT2D eigenvalue weighted by atomic mass is 10.2. The number of hydrogen-bond donors (Lipinski definition) is 4. The lowest BCUT2D eigenvalue weighted by Gasteiger charge is -2.09. The van der Waals surface area contributed by atoms with E-state index in [1.165, 1.54) is 0 Å². The Labute approximate surface area is 104 Å². The van der Waals surface area contributed by atoms with Crippen LogP contribution in [0.15, 0.2) is 18.3 Å². The number of carbonyl (C=O) groups excluding carboxylic acids is 1. The molecular weight excluding hydrogens is 238 g/mol. The van der Waals surface area contributed by atoms with Crippen molar-refractivity contribution in [3.8, 4) is 0 Å². The van der Waals surface area contributed by atoms with E-state index in [0.29, 0.717) is 0 Å². The van der Waals surface area contributed by atoms with Crippen LogP contribution in [-0.2, 0) is 11.3 Å². The van der Waals surface area contributed by atoms with Gasteiger partial charge in [-0.1, -0.05) is 6.07 Å². The van der Waals surface area contributed by atoms with Crippen molar-refractivity contribution in [2.45, 2.75) is 19.6 Å². The average Bonchev–Trinajstić information content (AvgIpc) is 2.35. The summed E-state index contributed by atoms with van der Waals surface area (Å²) in [6.07, 6.45) is 0.0404. The van der Waals surface area contributed by atoms with Gasteiger partial charge in [0.25, 0.3) is 0 Å². The molecule has 0 spiro atoms. The monoisotopic (exact) mass is 253 g/mol. The van der Waals surface area contributed by atoms with Crippen molar-refractivity contribution in [2.75, 3.05) is 6.54 Å². The van der Waals surface area contributed by atoms with Crippen LogP contribution >= 0.6 is 0 Å². The first-order valence-electron chi connectivity index (χ1n) is 5.33. The van der Waals surface area contributed by atoms with Crippen LogP contribution in [0.3, 0.4) is 0 Å². The first-order chi connectivity index (χ1) is 8.49. The number of nitrogens with zero attached hydrogens (tertiary/aromatic N) is 1. The zero-order valence-electron chi connectivity index (χ0n) is 9.88. The number of pyridine rings is 1. The number of carboxylic acid groups (broad SMARTS) is 1. The third-order valence-electron chi connectivity index (χ3n) is 2.17. The van der Waals surface area contributed by atoms with Crippen LogP contribution in [0.2, 0.25) is 0 Å². The Morgan fingerprint density at radius 1 is 1.39 bits per heavy atom. The zero-order valence-corrected chi connectivity index (χ0v) is 9.88. The van der Waals surface area contributed by atoms with E-state index >= 15 is 0 Å². The molecule has 1 atom stereocenters. The Kier molecular flexibility index (Phi) is 5.06. The number of aliphatic hydroxyl groups excluding tert-OH is 1. The van der Waals surface area contributed by atoms with Gasteiger partial charge in [0.2, 0.25) is 0 Å². The molecule has 1 heterocycles. The van der Waals surface area contributed by atoms with Crippen LogP contribution in [-0.4, -0.2) is 39.8 Å². The Bertz CT molecular complexity index is 419. The molecule has 0 aliphatic heterocycles. The maximum Gasteiger partial charge on any atom is 0.334 e. The number of carbonyl (C=O) groups is 2. The summed E-state index contributed by atoms with van der Waals surface area (Å²) < 4.78 is 0. The highest BCUT2D eigenvalue weighted by Crippen LogP contribution is 1.98. The van der Waals surface area contributed by atoms with E-state index in [1.807, 2.05) is 19.1 Å². The Morgan fingerprint density at radius 3 is 2.67 bits per heavy atom. The average molecular weight is 253 g/mol. The maximum atomic E-state index is 11.3. The van der Waals surface area contributed by atoms with Gasteiger partial charge < -0.3 is 20.8 Å². The molecule has 0 radical (unpaired) electrons. The van der Waals surface area contributed by atoms with Gasteiger partial charge in [0, 0.05) is 18.4 Å². The normalized spacial score (nSPS) is 11.7.